The van der Waals surface area contributed by atoms with Gasteiger partial charge >= 0.3 is 0 Å². The molecule has 2 aromatic carbocycles. The first-order valence-electron chi connectivity index (χ1n) is 7.95. The van der Waals surface area contributed by atoms with Gasteiger partial charge < -0.3 is 0 Å². The summed E-state index contributed by atoms with van der Waals surface area (Å²) in [6, 6.07) is 17.8. The zero-order valence-corrected chi connectivity index (χ0v) is 12.6. The summed E-state index contributed by atoms with van der Waals surface area (Å²) in [7, 11) is 0. The number of carbonyl (C=O) groups excluding carboxylic acids is 2. The van der Waals surface area contributed by atoms with E-state index in [9.17, 15) is 9.59 Å². The van der Waals surface area contributed by atoms with E-state index in [1.165, 1.54) is 0 Å². The molecule has 2 heteroatoms. The number of Topliss-reactive ketones (excluding diaryl/α,β-unsaturated/α-hetero) is 2. The molecule has 0 bridgehead atoms. The normalized spacial score (nSPS) is 18.2. The van der Waals surface area contributed by atoms with Crippen molar-refractivity contribution < 1.29 is 9.59 Å². The van der Waals surface area contributed by atoms with E-state index in [1.54, 1.807) is 0 Å². The van der Waals surface area contributed by atoms with Crippen LogP contribution >= 0.6 is 0 Å². The molecule has 0 aromatic heterocycles. The van der Waals surface area contributed by atoms with Crippen LogP contribution in [0.2, 0.25) is 0 Å². The smallest absolute Gasteiger partial charge is 0.163 e. The minimum atomic E-state index is -0.0601. The van der Waals surface area contributed by atoms with Gasteiger partial charge in [0.1, 0.15) is 5.78 Å². The van der Waals surface area contributed by atoms with Gasteiger partial charge in [0.05, 0.1) is 0 Å². The Bertz CT molecular complexity index is 656. The average molecular weight is 292 g/mol. The summed E-state index contributed by atoms with van der Waals surface area (Å²) in [5.41, 5.74) is 2.95. The molecular formula is C20H20O2. The summed E-state index contributed by atoms with van der Waals surface area (Å²) in [6.45, 7) is 0. The molecule has 0 radical (unpaired) electrons. The van der Waals surface area contributed by atoms with E-state index in [-0.39, 0.29) is 17.5 Å². The molecule has 1 fully saturated rings. The first kappa shape index (κ1) is 14.7. The standard InChI is InChI=1S/C20H20O2/c21-19-9-5-4-8-18(19)14-20(22)17-12-10-16(11-13-17)15-6-2-1-3-7-15/h1-3,6-7,10-13,18H,4-5,8-9,14H2/t18-/m1/s1. The number of carbonyl (C=O) groups is 2. The fourth-order valence-electron chi connectivity index (χ4n) is 3.09. The van der Waals surface area contributed by atoms with Crippen molar-refractivity contribution in [3.8, 4) is 11.1 Å². The lowest BCUT2D eigenvalue weighted by atomic mass is 9.83. The molecule has 0 heterocycles. The van der Waals surface area contributed by atoms with E-state index < -0.39 is 0 Å². The van der Waals surface area contributed by atoms with Gasteiger partial charge in [-0.2, -0.15) is 0 Å². The van der Waals surface area contributed by atoms with Crippen LogP contribution in [0.25, 0.3) is 11.1 Å². The van der Waals surface area contributed by atoms with Crippen LogP contribution in [0.15, 0.2) is 54.6 Å². The molecule has 0 amide bonds. The van der Waals surface area contributed by atoms with Crippen molar-refractivity contribution >= 4 is 11.6 Å². The Balaban J connectivity index is 1.70. The SMILES string of the molecule is O=C(C[C@H]1CCCCC1=O)c1ccc(-c2ccccc2)cc1. The van der Waals surface area contributed by atoms with Crippen LogP contribution in [0, 0.1) is 5.92 Å². The lowest BCUT2D eigenvalue weighted by molar-refractivity contribution is -0.124. The van der Waals surface area contributed by atoms with E-state index in [4.69, 9.17) is 0 Å². The molecule has 2 nitrogen and oxygen atoms in total. The highest BCUT2D eigenvalue weighted by molar-refractivity contribution is 5.99. The highest BCUT2D eigenvalue weighted by Crippen LogP contribution is 2.26. The van der Waals surface area contributed by atoms with Gasteiger partial charge in [0, 0.05) is 24.3 Å². The van der Waals surface area contributed by atoms with Crippen LogP contribution in [0.3, 0.4) is 0 Å². The Morgan fingerprint density at radius 2 is 1.59 bits per heavy atom. The first-order valence-corrected chi connectivity index (χ1v) is 7.95. The molecule has 1 aliphatic carbocycles. The quantitative estimate of drug-likeness (QED) is 0.766. The predicted octanol–water partition coefficient (Wildman–Crippen LogP) is 4.69. The molecular weight excluding hydrogens is 272 g/mol. The van der Waals surface area contributed by atoms with Crippen LogP contribution in [-0.2, 0) is 4.79 Å². The van der Waals surface area contributed by atoms with Crippen molar-refractivity contribution in [3.63, 3.8) is 0 Å². The van der Waals surface area contributed by atoms with Gasteiger partial charge in [-0.1, -0.05) is 61.0 Å². The van der Waals surface area contributed by atoms with E-state index in [0.29, 0.717) is 18.4 Å². The Labute approximate surface area is 131 Å². The highest BCUT2D eigenvalue weighted by atomic mass is 16.1. The van der Waals surface area contributed by atoms with E-state index >= 15 is 0 Å². The van der Waals surface area contributed by atoms with Crippen molar-refractivity contribution in [1.82, 2.24) is 0 Å². The topological polar surface area (TPSA) is 34.1 Å². The molecule has 0 aliphatic heterocycles. The monoisotopic (exact) mass is 292 g/mol. The van der Waals surface area contributed by atoms with Gasteiger partial charge in [0.15, 0.2) is 5.78 Å². The summed E-state index contributed by atoms with van der Waals surface area (Å²) in [5, 5.41) is 0. The molecule has 0 unspecified atom stereocenters. The summed E-state index contributed by atoms with van der Waals surface area (Å²) in [4.78, 5) is 24.2. The van der Waals surface area contributed by atoms with Gasteiger partial charge in [0.2, 0.25) is 0 Å². The minimum absolute atomic E-state index is 0.0601. The Morgan fingerprint density at radius 1 is 0.909 bits per heavy atom. The highest BCUT2D eigenvalue weighted by Gasteiger charge is 2.24. The summed E-state index contributed by atoms with van der Waals surface area (Å²) in [5.74, 6) is 0.287. The number of hydrogen-bond acceptors (Lipinski definition) is 2. The fraction of sp³-hybridized carbons (Fsp3) is 0.300. The molecule has 1 saturated carbocycles. The molecule has 1 atom stereocenters. The molecule has 3 rings (SSSR count). The second-order valence-corrected chi connectivity index (χ2v) is 5.98. The Hall–Kier alpha value is -2.22. The number of rotatable bonds is 4. The molecule has 0 spiro atoms. The third-order valence-electron chi connectivity index (χ3n) is 4.43. The molecule has 1 aliphatic rings. The Kier molecular flexibility index (Phi) is 4.47. The van der Waals surface area contributed by atoms with E-state index in [1.807, 2.05) is 42.5 Å². The van der Waals surface area contributed by atoms with E-state index in [2.05, 4.69) is 12.1 Å². The zero-order chi connectivity index (χ0) is 15.4. The molecule has 2 aromatic rings. The Morgan fingerprint density at radius 3 is 2.27 bits per heavy atom. The van der Waals surface area contributed by atoms with Crippen LogP contribution in [0.4, 0.5) is 0 Å². The van der Waals surface area contributed by atoms with Gasteiger partial charge in [-0.3, -0.25) is 9.59 Å². The second-order valence-electron chi connectivity index (χ2n) is 5.98. The number of hydrogen-bond donors (Lipinski definition) is 0. The minimum Gasteiger partial charge on any atom is -0.299 e. The predicted molar refractivity (Wildman–Crippen MR) is 87.8 cm³/mol. The number of ketones is 2. The lowest BCUT2D eigenvalue weighted by Crippen LogP contribution is -2.22. The number of benzene rings is 2. The molecule has 112 valence electrons. The van der Waals surface area contributed by atoms with Gasteiger partial charge in [-0.05, 0) is 24.0 Å². The maximum atomic E-state index is 12.4. The molecule has 0 saturated heterocycles. The van der Waals surface area contributed by atoms with Crippen LogP contribution < -0.4 is 0 Å². The van der Waals surface area contributed by atoms with Crippen molar-refractivity contribution in [3.05, 3.63) is 60.2 Å². The third kappa shape index (κ3) is 3.33. The summed E-state index contributed by atoms with van der Waals surface area (Å²) in [6.07, 6.45) is 3.92. The summed E-state index contributed by atoms with van der Waals surface area (Å²) < 4.78 is 0. The zero-order valence-electron chi connectivity index (χ0n) is 12.6. The van der Waals surface area contributed by atoms with Crippen LogP contribution in [0.1, 0.15) is 42.5 Å². The third-order valence-corrected chi connectivity index (χ3v) is 4.43. The second kappa shape index (κ2) is 6.69. The molecule has 22 heavy (non-hydrogen) atoms. The average Bonchev–Trinajstić information content (AvgIpc) is 2.58. The fourth-order valence-corrected chi connectivity index (χ4v) is 3.09. The summed E-state index contributed by atoms with van der Waals surface area (Å²) >= 11 is 0. The maximum absolute atomic E-state index is 12.4. The van der Waals surface area contributed by atoms with Crippen LogP contribution in [0.5, 0.6) is 0 Å². The van der Waals surface area contributed by atoms with Crippen molar-refractivity contribution in [2.45, 2.75) is 32.1 Å². The van der Waals surface area contributed by atoms with Crippen molar-refractivity contribution in [1.29, 1.82) is 0 Å². The maximum Gasteiger partial charge on any atom is 0.163 e. The van der Waals surface area contributed by atoms with Crippen molar-refractivity contribution in [2.75, 3.05) is 0 Å². The first-order chi connectivity index (χ1) is 10.7. The largest absolute Gasteiger partial charge is 0.299 e. The van der Waals surface area contributed by atoms with Gasteiger partial charge in [0.25, 0.3) is 0 Å². The van der Waals surface area contributed by atoms with E-state index in [0.717, 1.165) is 30.4 Å². The van der Waals surface area contributed by atoms with Crippen molar-refractivity contribution in [2.24, 2.45) is 5.92 Å². The van der Waals surface area contributed by atoms with Gasteiger partial charge in [-0.15, -0.1) is 0 Å². The molecule has 0 N–H and O–H groups in total. The van der Waals surface area contributed by atoms with Gasteiger partial charge in [-0.25, -0.2) is 0 Å². The lowest BCUT2D eigenvalue weighted by Gasteiger charge is -2.19. The van der Waals surface area contributed by atoms with Crippen LogP contribution in [-0.4, -0.2) is 11.6 Å².